The number of nitrogens with one attached hydrogen (secondary N) is 1. The number of carbonyl (C=O) groups excluding carboxylic acids is 1. The highest BCUT2D eigenvalue weighted by molar-refractivity contribution is 5.94. The van der Waals surface area contributed by atoms with Crippen LogP contribution in [0.1, 0.15) is 41.6 Å². The number of carbonyl (C=O) groups is 1. The van der Waals surface area contributed by atoms with Gasteiger partial charge in [-0.25, -0.2) is 4.98 Å². The summed E-state index contributed by atoms with van der Waals surface area (Å²) in [7, 11) is 0. The minimum absolute atomic E-state index is 0.124. The number of nitrogens with zero attached hydrogens (tertiary/aromatic N) is 2. The van der Waals surface area contributed by atoms with Crippen molar-refractivity contribution in [2.24, 2.45) is 0 Å². The van der Waals surface area contributed by atoms with Gasteiger partial charge in [-0.2, -0.15) is 0 Å². The molecule has 104 valence electrons. The number of aryl methyl sites for hydroxylation is 1. The third-order valence-electron chi connectivity index (χ3n) is 3.18. The second kappa shape index (κ2) is 5.52. The minimum Gasteiger partial charge on any atom is -0.378 e. The number of hydrogen-bond acceptors (Lipinski definition) is 4. The van der Waals surface area contributed by atoms with Crippen molar-refractivity contribution in [3.63, 3.8) is 0 Å². The van der Waals surface area contributed by atoms with Gasteiger partial charge in [-0.1, -0.05) is 13.8 Å². The Morgan fingerprint density at radius 1 is 1.37 bits per heavy atom. The van der Waals surface area contributed by atoms with E-state index in [0.29, 0.717) is 37.8 Å². The van der Waals surface area contributed by atoms with Crippen molar-refractivity contribution in [2.45, 2.75) is 26.7 Å². The smallest absolute Gasteiger partial charge is 0.264 e. The molecule has 0 atom stereocenters. The number of aromatic nitrogens is 2. The Bertz CT molecular complexity index is 530. The number of ether oxygens (including phenoxy) is 1. The molecule has 1 aliphatic rings. The molecule has 0 radical (unpaired) electrons. The maximum Gasteiger partial charge on any atom is 0.264 e. The summed E-state index contributed by atoms with van der Waals surface area (Å²) >= 11 is 0. The lowest BCUT2D eigenvalue weighted by Gasteiger charge is -2.27. The van der Waals surface area contributed by atoms with E-state index in [0.717, 1.165) is 0 Å². The van der Waals surface area contributed by atoms with Crippen LogP contribution in [0.5, 0.6) is 0 Å². The van der Waals surface area contributed by atoms with Crippen LogP contribution in [0.25, 0.3) is 0 Å². The van der Waals surface area contributed by atoms with Gasteiger partial charge in [0.25, 0.3) is 11.5 Å². The van der Waals surface area contributed by atoms with Crippen molar-refractivity contribution in [1.82, 2.24) is 14.9 Å². The van der Waals surface area contributed by atoms with Crippen molar-refractivity contribution >= 4 is 5.91 Å². The summed E-state index contributed by atoms with van der Waals surface area (Å²) in [5.74, 6) is 0.477. The molecule has 1 aliphatic heterocycles. The first-order valence-electron chi connectivity index (χ1n) is 6.48. The molecule has 2 rings (SSSR count). The lowest BCUT2D eigenvalue weighted by molar-refractivity contribution is 0.0300. The van der Waals surface area contributed by atoms with Gasteiger partial charge in [0, 0.05) is 19.0 Å². The van der Waals surface area contributed by atoms with Crippen LogP contribution in [0.3, 0.4) is 0 Å². The monoisotopic (exact) mass is 265 g/mol. The number of morpholine rings is 1. The van der Waals surface area contributed by atoms with Gasteiger partial charge in [-0.3, -0.25) is 9.59 Å². The Morgan fingerprint density at radius 3 is 2.53 bits per heavy atom. The first kappa shape index (κ1) is 13.7. The van der Waals surface area contributed by atoms with E-state index in [1.807, 2.05) is 13.8 Å². The molecule has 0 aliphatic carbocycles. The fourth-order valence-electron chi connectivity index (χ4n) is 2.06. The van der Waals surface area contributed by atoms with E-state index in [-0.39, 0.29) is 22.9 Å². The lowest BCUT2D eigenvalue weighted by Crippen LogP contribution is -2.43. The second-order valence-corrected chi connectivity index (χ2v) is 4.97. The van der Waals surface area contributed by atoms with E-state index in [1.165, 1.54) is 0 Å². The van der Waals surface area contributed by atoms with Crippen molar-refractivity contribution in [3.05, 3.63) is 27.4 Å². The Kier molecular flexibility index (Phi) is 3.99. The van der Waals surface area contributed by atoms with Crippen LogP contribution < -0.4 is 5.56 Å². The molecule has 1 fully saturated rings. The number of amides is 1. The quantitative estimate of drug-likeness (QED) is 0.853. The Labute approximate surface area is 111 Å². The topological polar surface area (TPSA) is 75.3 Å². The normalized spacial score (nSPS) is 15.9. The standard InChI is InChI=1S/C13H19N3O3/c1-8(2)11-14-9(3)10(12(17)15-11)13(18)16-4-6-19-7-5-16/h8H,4-7H2,1-3H3,(H,14,15,17). The van der Waals surface area contributed by atoms with Crippen LogP contribution in [0, 0.1) is 6.92 Å². The maximum absolute atomic E-state index is 12.3. The zero-order chi connectivity index (χ0) is 14.0. The average Bonchev–Trinajstić information content (AvgIpc) is 2.38. The largest absolute Gasteiger partial charge is 0.378 e. The van der Waals surface area contributed by atoms with Crippen LogP contribution in [0.4, 0.5) is 0 Å². The summed E-state index contributed by atoms with van der Waals surface area (Å²) in [6.45, 7) is 7.66. The Balaban J connectivity index is 2.34. The fourth-order valence-corrected chi connectivity index (χ4v) is 2.06. The van der Waals surface area contributed by atoms with Gasteiger partial charge >= 0.3 is 0 Å². The average molecular weight is 265 g/mol. The van der Waals surface area contributed by atoms with Crippen molar-refractivity contribution in [1.29, 1.82) is 0 Å². The second-order valence-electron chi connectivity index (χ2n) is 4.97. The SMILES string of the molecule is Cc1nc(C(C)C)[nH]c(=O)c1C(=O)N1CCOCC1. The number of rotatable bonds is 2. The summed E-state index contributed by atoms with van der Waals surface area (Å²) in [5, 5.41) is 0. The molecule has 0 unspecified atom stereocenters. The number of H-pyrrole nitrogens is 1. The van der Waals surface area contributed by atoms with E-state index in [9.17, 15) is 9.59 Å². The van der Waals surface area contributed by atoms with Gasteiger partial charge in [0.1, 0.15) is 11.4 Å². The number of aromatic amines is 1. The molecule has 6 heteroatoms. The van der Waals surface area contributed by atoms with Crippen molar-refractivity contribution < 1.29 is 9.53 Å². The van der Waals surface area contributed by atoms with Gasteiger partial charge < -0.3 is 14.6 Å². The molecule has 1 amide bonds. The Hall–Kier alpha value is -1.69. The van der Waals surface area contributed by atoms with E-state index < -0.39 is 0 Å². The summed E-state index contributed by atoms with van der Waals surface area (Å²) in [4.78, 5) is 33.1. The summed E-state index contributed by atoms with van der Waals surface area (Å²) < 4.78 is 5.20. The molecule has 6 nitrogen and oxygen atoms in total. The molecule has 0 saturated carbocycles. The molecule has 1 saturated heterocycles. The van der Waals surface area contributed by atoms with Gasteiger partial charge in [-0.15, -0.1) is 0 Å². The highest BCUT2D eigenvalue weighted by Crippen LogP contribution is 2.11. The summed E-state index contributed by atoms with van der Waals surface area (Å²) in [6, 6.07) is 0. The molecule has 2 heterocycles. The summed E-state index contributed by atoms with van der Waals surface area (Å²) in [5.41, 5.74) is 0.280. The number of hydrogen-bond donors (Lipinski definition) is 1. The zero-order valence-corrected chi connectivity index (χ0v) is 11.5. The van der Waals surface area contributed by atoms with E-state index in [1.54, 1.807) is 11.8 Å². The Morgan fingerprint density at radius 2 is 2.00 bits per heavy atom. The molecular formula is C13H19N3O3. The zero-order valence-electron chi connectivity index (χ0n) is 11.5. The molecule has 0 aromatic carbocycles. The first-order valence-corrected chi connectivity index (χ1v) is 6.48. The third-order valence-corrected chi connectivity index (χ3v) is 3.18. The van der Waals surface area contributed by atoms with Crippen LogP contribution >= 0.6 is 0 Å². The predicted molar refractivity (Wildman–Crippen MR) is 70.4 cm³/mol. The van der Waals surface area contributed by atoms with E-state index in [2.05, 4.69) is 9.97 Å². The van der Waals surface area contributed by atoms with Crippen LogP contribution in [0.2, 0.25) is 0 Å². The summed E-state index contributed by atoms with van der Waals surface area (Å²) in [6.07, 6.45) is 0. The lowest BCUT2D eigenvalue weighted by atomic mass is 10.1. The van der Waals surface area contributed by atoms with Crippen molar-refractivity contribution in [3.8, 4) is 0 Å². The van der Waals surface area contributed by atoms with Crippen LogP contribution in [0.15, 0.2) is 4.79 Å². The van der Waals surface area contributed by atoms with E-state index >= 15 is 0 Å². The van der Waals surface area contributed by atoms with Crippen LogP contribution in [-0.4, -0.2) is 47.1 Å². The van der Waals surface area contributed by atoms with Gasteiger partial charge in [0.05, 0.1) is 18.9 Å². The van der Waals surface area contributed by atoms with Crippen molar-refractivity contribution in [2.75, 3.05) is 26.3 Å². The highest BCUT2D eigenvalue weighted by atomic mass is 16.5. The van der Waals surface area contributed by atoms with Gasteiger partial charge in [0.2, 0.25) is 0 Å². The first-order chi connectivity index (χ1) is 9.00. The third kappa shape index (κ3) is 2.84. The van der Waals surface area contributed by atoms with Crippen LogP contribution in [-0.2, 0) is 4.74 Å². The molecule has 1 N–H and O–H groups in total. The van der Waals surface area contributed by atoms with Gasteiger partial charge in [-0.05, 0) is 6.92 Å². The molecular weight excluding hydrogens is 246 g/mol. The predicted octanol–water partition coefficient (Wildman–Crippen LogP) is 0.674. The molecule has 1 aromatic rings. The highest BCUT2D eigenvalue weighted by Gasteiger charge is 2.24. The van der Waals surface area contributed by atoms with Gasteiger partial charge in [0.15, 0.2) is 0 Å². The molecule has 1 aromatic heterocycles. The fraction of sp³-hybridized carbons (Fsp3) is 0.615. The molecule has 19 heavy (non-hydrogen) atoms. The molecule has 0 bridgehead atoms. The molecule has 0 spiro atoms. The van der Waals surface area contributed by atoms with E-state index in [4.69, 9.17) is 4.74 Å². The maximum atomic E-state index is 12.3. The minimum atomic E-state index is -0.354.